The van der Waals surface area contributed by atoms with Crippen LogP contribution in [0.5, 0.6) is 5.75 Å². The molecule has 0 heterocycles. The topological polar surface area (TPSA) is 55.6 Å². The number of rotatable bonds is 5. The summed E-state index contributed by atoms with van der Waals surface area (Å²) in [5, 5.41) is 0. The van der Waals surface area contributed by atoms with Gasteiger partial charge in [0, 0.05) is 13.1 Å². The standard InChI is InChI=1S/C16H24N2O2/c1-12-6-8-13(9-7-12)20-11-10-18(2)16(19)14-4-3-5-15(14)17/h6-9,14-15H,3-5,10-11,17H2,1-2H3. The predicted molar refractivity (Wildman–Crippen MR) is 79.6 cm³/mol. The summed E-state index contributed by atoms with van der Waals surface area (Å²) in [7, 11) is 1.83. The summed E-state index contributed by atoms with van der Waals surface area (Å²) in [5.41, 5.74) is 7.18. The molecule has 0 radical (unpaired) electrons. The molecule has 2 atom stereocenters. The molecule has 110 valence electrons. The molecule has 1 aliphatic carbocycles. The number of carbonyl (C=O) groups is 1. The summed E-state index contributed by atoms with van der Waals surface area (Å²) >= 11 is 0. The molecular weight excluding hydrogens is 252 g/mol. The van der Waals surface area contributed by atoms with Gasteiger partial charge in [0.1, 0.15) is 12.4 Å². The molecule has 1 aromatic rings. The third kappa shape index (κ3) is 3.73. The van der Waals surface area contributed by atoms with E-state index in [-0.39, 0.29) is 17.9 Å². The number of carbonyl (C=O) groups excluding carboxylic acids is 1. The van der Waals surface area contributed by atoms with Crippen LogP contribution < -0.4 is 10.5 Å². The molecule has 1 fully saturated rings. The highest BCUT2D eigenvalue weighted by Crippen LogP contribution is 2.25. The van der Waals surface area contributed by atoms with Crippen LogP contribution in [0.1, 0.15) is 24.8 Å². The first-order valence-corrected chi connectivity index (χ1v) is 7.28. The van der Waals surface area contributed by atoms with E-state index in [4.69, 9.17) is 10.5 Å². The van der Waals surface area contributed by atoms with Crippen molar-refractivity contribution in [3.8, 4) is 5.75 Å². The molecule has 1 aliphatic rings. The zero-order chi connectivity index (χ0) is 14.5. The SMILES string of the molecule is Cc1ccc(OCCN(C)C(=O)C2CCCC2N)cc1. The van der Waals surface area contributed by atoms with E-state index in [1.165, 1.54) is 5.56 Å². The van der Waals surface area contributed by atoms with Gasteiger partial charge in [0.15, 0.2) is 0 Å². The molecule has 1 saturated carbocycles. The highest BCUT2D eigenvalue weighted by Gasteiger charge is 2.31. The van der Waals surface area contributed by atoms with Crippen LogP contribution >= 0.6 is 0 Å². The Kier molecular flexibility index (Phi) is 5.01. The second-order valence-electron chi connectivity index (χ2n) is 5.62. The first-order chi connectivity index (χ1) is 9.58. The Labute approximate surface area is 120 Å². The fourth-order valence-electron chi connectivity index (χ4n) is 2.62. The molecule has 0 bridgehead atoms. The van der Waals surface area contributed by atoms with Gasteiger partial charge in [0.25, 0.3) is 0 Å². The lowest BCUT2D eigenvalue weighted by molar-refractivity contribution is -0.134. The Bertz CT molecular complexity index is 444. The smallest absolute Gasteiger partial charge is 0.227 e. The van der Waals surface area contributed by atoms with E-state index in [1.807, 2.05) is 38.2 Å². The Morgan fingerprint density at radius 1 is 1.35 bits per heavy atom. The second-order valence-corrected chi connectivity index (χ2v) is 5.62. The Hall–Kier alpha value is -1.55. The van der Waals surface area contributed by atoms with Crippen molar-refractivity contribution in [2.45, 2.75) is 32.2 Å². The van der Waals surface area contributed by atoms with E-state index in [0.29, 0.717) is 13.2 Å². The quantitative estimate of drug-likeness (QED) is 0.894. The first kappa shape index (κ1) is 14.9. The van der Waals surface area contributed by atoms with Crippen LogP contribution in [-0.2, 0) is 4.79 Å². The van der Waals surface area contributed by atoms with Crippen molar-refractivity contribution in [3.63, 3.8) is 0 Å². The molecule has 4 heteroatoms. The van der Waals surface area contributed by atoms with Gasteiger partial charge in [-0.3, -0.25) is 4.79 Å². The number of ether oxygens (including phenoxy) is 1. The molecule has 0 aromatic heterocycles. The van der Waals surface area contributed by atoms with Crippen LogP contribution in [0.15, 0.2) is 24.3 Å². The van der Waals surface area contributed by atoms with Gasteiger partial charge in [-0.2, -0.15) is 0 Å². The predicted octanol–water partition coefficient (Wildman–Crippen LogP) is 1.96. The lowest BCUT2D eigenvalue weighted by Crippen LogP contribution is -2.41. The van der Waals surface area contributed by atoms with Gasteiger partial charge in [0.2, 0.25) is 5.91 Å². The molecule has 20 heavy (non-hydrogen) atoms. The largest absolute Gasteiger partial charge is 0.492 e. The maximum absolute atomic E-state index is 12.2. The second kappa shape index (κ2) is 6.75. The molecule has 1 aromatic carbocycles. The summed E-state index contributed by atoms with van der Waals surface area (Å²) in [6.45, 7) is 3.14. The van der Waals surface area contributed by atoms with Gasteiger partial charge in [-0.15, -0.1) is 0 Å². The Morgan fingerprint density at radius 2 is 2.05 bits per heavy atom. The van der Waals surface area contributed by atoms with Crippen LogP contribution in [0, 0.1) is 12.8 Å². The van der Waals surface area contributed by atoms with Crippen molar-refractivity contribution in [1.29, 1.82) is 0 Å². The molecule has 1 amide bonds. The average Bonchev–Trinajstić information content (AvgIpc) is 2.86. The fraction of sp³-hybridized carbons (Fsp3) is 0.562. The lowest BCUT2D eigenvalue weighted by atomic mass is 10.0. The minimum absolute atomic E-state index is 0.000579. The molecule has 0 aliphatic heterocycles. The van der Waals surface area contributed by atoms with E-state index < -0.39 is 0 Å². The van der Waals surface area contributed by atoms with E-state index in [9.17, 15) is 4.79 Å². The van der Waals surface area contributed by atoms with E-state index in [2.05, 4.69) is 0 Å². The van der Waals surface area contributed by atoms with E-state index in [1.54, 1.807) is 4.90 Å². The van der Waals surface area contributed by atoms with Gasteiger partial charge < -0.3 is 15.4 Å². The highest BCUT2D eigenvalue weighted by atomic mass is 16.5. The number of nitrogens with zero attached hydrogens (tertiary/aromatic N) is 1. The zero-order valence-corrected chi connectivity index (χ0v) is 12.3. The first-order valence-electron chi connectivity index (χ1n) is 7.28. The van der Waals surface area contributed by atoms with Crippen LogP contribution in [-0.4, -0.2) is 37.0 Å². The Morgan fingerprint density at radius 3 is 2.65 bits per heavy atom. The normalized spacial score (nSPS) is 21.8. The molecule has 0 spiro atoms. The van der Waals surface area contributed by atoms with E-state index >= 15 is 0 Å². The Balaban J connectivity index is 1.75. The minimum Gasteiger partial charge on any atom is -0.492 e. The summed E-state index contributed by atoms with van der Waals surface area (Å²) in [4.78, 5) is 14.0. The minimum atomic E-state index is -0.000579. The number of hydrogen-bond acceptors (Lipinski definition) is 3. The van der Waals surface area contributed by atoms with Gasteiger partial charge in [-0.1, -0.05) is 24.1 Å². The lowest BCUT2D eigenvalue weighted by Gasteiger charge is -2.23. The van der Waals surface area contributed by atoms with Crippen molar-refractivity contribution in [2.75, 3.05) is 20.2 Å². The maximum Gasteiger partial charge on any atom is 0.227 e. The van der Waals surface area contributed by atoms with Crippen molar-refractivity contribution >= 4 is 5.91 Å². The van der Waals surface area contributed by atoms with Gasteiger partial charge in [-0.25, -0.2) is 0 Å². The number of hydrogen-bond donors (Lipinski definition) is 1. The number of amides is 1. The summed E-state index contributed by atoms with van der Waals surface area (Å²) in [5.74, 6) is 0.996. The van der Waals surface area contributed by atoms with Crippen molar-refractivity contribution < 1.29 is 9.53 Å². The average molecular weight is 276 g/mol. The van der Waals surface area contributed by atoms with Crippen LogP contribution in [0.2, 0.25) is 0 Å². The van der Waals surface area contributed by atoms with Crippen LogP contribution in [0.3, 0.4) is 0 Å². The maximum atomic E-state index is 12.2. The van der Waals surface area contributed by atoms with Crippen molar-refractivity contribution in [2.24, 2.45) is 11.7 Å². The molecule has 4 nitrogen and oxygen atoms in total. The van der Waals surface area contributed by atoms with Gasteiger partial charge in [-0.05, 0) is 31.9 Å². The van der Waals surface area contributed by atoms with Crippen molar-refractivity contribution in [1.82, 2.24) is 4.90 Å². The summed E-state index contributed by atoms with van der Waals surface area (Å²) in [6.07, 6.45) is 2.94. The molecule has 0 saturated heterocycles. The van der Waals surface area contributed by atoms with E-state index in [0.717, 1.165) is 25.0 Å². The highest BCUT2D eigenvalue weighted by molar-refractivity contribution is 5.79. The third-order valence-electron chi connectivity index (χ3n) is 3.98. The number of nitrogens with two attached hydrogens (primary N) is 1. The third-order valence-corrected chi connectivity index (χ3v) is 3.98. The van der Waals surface area contributed by atoms with Crippen LogP contribution in [0.4, 0.5) is 0 Å². The number of likely N-dealkylation sites (N-methyl/N-ethyl adjacent to an activating group) is 1. The summed E-state index contributed by atoms with van der Waals surface area (Å²) in [6, 6.07) is 7.96. The zero-order valence-electron chi connectivity index (χ0n) is 12.3. The molecular formula is C16H24N2O2. The monoisotopic (exact) mass is 276 g/mol. The summed E-state index contributed by atoms with van der Waals surface area (Å²) < 4.78 is 5.65. The fourth-order valence-corrected chi connectivity index (χ4v) is 2.62. The molecule has 2 unspecified atom stereocenters. The van der Waals surface area contributed by atoms with Gasteiger partial charge in [0.05, 0.1) is 12.5 Å². The molecule has 2 rings (SSSR count). The van der Waals surface area contributed by atoms with Gasteiger partial charge >= 0.3 is 0 Å². The molecule has 2 N–H and O–H groups in total. The number of aryl methyl sites for hydroxylation is 1. The van der Waals surface area contributed by atoms with Crippen LogP contribution in [0.25, 0.3) is 0 Å². The van der Waals surface area contributed by atoms with Crippen molar-refractivity contribution in [3.05, 3.63) is 29.8 Å². The number of benzene rings is 1.